The van der Waals surface area contributed by atoms with E-state index in [4.69, 9.17) is 4.42 Å². The number of rotatable bonds is 5. The molecule has 13 rings (SSSR count). The van der Waals surface area contributed by atoms with E-state index in [2.05, 4.69) is 205 Å². The first-order valence-corrected chi connectivity index (χ1v) is 20.8. The van der Waals surface area contributed by atoms with Crippen molar-refractivity contribution in [2.24, 2.45) is 0 Å². The van der Waals surface area contributed by atoms with Crippen molar-refractivity contribution in [3.63, 3.8) is 0 Å². The number of furan rings is 1. The first-order valence-electron chi connectivity index (χ1n) is 20.8. The average Bonchev–Trinajstić information content (AvgIpc) is 4.01. The molecule has 0 amide bonds. The third kappa shape index (κ3) is 4.66. The smallest absolute Gasteiger partial charge is 0.137 e. The standard InChI is InChI=1S/C57H38N2O/c1-57(2)50-32-37(38-30-48-44-14-6-9-17-52(44)59-53-18-10-7-15-45(53)49(31-38)56(48)59)22-27-42(50)43-28-25-40(33-51(43)57)58(39-23-20-36(21-24-39)35-12-4-3-5-13-35)41-26-29-47-46-16-8-11-19-54(46)60-55(47)34-41/h3-34H,1-2H3. The lowest BCUT2D eigenvalue weighted by Gasteiger charge is -2.28. The van der Waals surface area contributed by atoms with Gasteiger partial charge in [0.1, 0.15) is 11.2 Å². The van der Waals surface area contributed by atoms with E-state index in [0.29, 0.717) is 0 Å². The Bertz CT molecular complexity index is 3600. The predicted molar refractivity (Wildman–Crippen MR) is 251 cm³/mol. The van der Waals surface area contributed by atoms with Crippen LogP contribution in [0.1, 0.15) is 25.0 Å². The van der Waals surface area contributed by atoms with Crippen molar-refractivity contribution in [3.8, 4) is 33.4 Å². The Labute approximate surface area is 347 Å². The lowest BCUT2D eigenvalue weighted by atomic mass is 9.81. The van der Waals surface area contributed by atoms with Gasteiger partial charge in [0.2, 0.25) is 0 Å². The van der Waals surface area contributed by atoms with Gasteiger partial charge in [0.25, 0.3) is 0 Å². The monoisotopic (exact) mass is 766 g/mol. The fourth-order valence-electron chi connectivity index (χ4n) is 10.4. The van der Waals surface area contributed by atoms with Gasteiger partial charge < -0.3 is 13.7 Å². The van der Waals surface area contributed by atoms with E-state index >= 15 is 0 Å². The summed E-state index contributed by atoms with van der Waals surface area (Å²) < 4.78 is 8.89. The molecule has 0 radical (unpaired) electrons. The molecule has 9 aromatic carbocycles. The molecule has 0 saturated heterocycles. The van der Waals surface area contributed by atoms with Crippen LogP contribution in [0.15, 0.2) is 199 Å². The summed E-state index contributed by atoms with van der Waals surface area (Å²) in [5.41, 5.74) is 18.8. The van der Waals surface area contributed by atoms with Gasteiger partial charge >= 0.3 is 0 Å². The quantitative estimate of drug-likeness (QED) is 0.174. The fraction of sp³-hybridized carbons (Fsp3) is 0.0526. The molecule has 1 aliphatic rings. The van der Waals surface area contributed by atoms with Gasteiger partial charge in [-0.15, -0.1) is 0 Å². The van der Waals surface area contributed by atoms with Gasteiger partial charge in [-0.1, -0.05) is 129 Å². The van der Waals surface area contributed by atoms with Crippen LogP contribution in [0.3, 0.4) is 0 Å². The highest BCUT2D eigenvalue weighted by molar-refractivity contribution is 6.24. The van der Waals surface area contributed by atoms with Crippen LogP contribution in [0.5, 0.6) is 0 Å². The van der Waals surface area contributed by atoms with E-state index in [0.717, 1.165) is 39.0 Å². The van der Waals surface area contributed by atoms with Crippen LogP contribution in [0.2, 0.25) is 0 Å². The lowest BCUT2D eigenvalue weighted by Crippen LogP contribution is -2.16. The Kier molecular flexibility index (Phi) is 6.78. The number of anilines is 3. The molecule has 60 heavy (non-hydrogen) atoms. The minimum Gasteiger partial charge on any atom is -0.456 e. The summed E-state index contributed by atoms with van der Waals surface area (Å²) in [4.78, 5) is 2.37. The highest BCUT2D eigenvalue weighted by Gasteiger charge is 2.36. The van der Waals surface area contributed by atoms with E-state index in [1.165, 1.54) is 82.6 Å². The molecular formula is C57H38N2O. The molecular weight excluding hydrogens is 729 g/mol. The molecule has 0 saturated carbocycles. The van der Waals surface area contributed by atoms with Crippen LogP contribution in [0.4, 0.5) is 17.1 Å². The van der Waals surface area contributed by atoms with E-state index in [1.54, 1.807) is 0 Å². The maximum absolute atomic E-state index is 6.44. The molecule has 0 fully saturated rings. The van der Waals surface area contributed by atoms with Crippen molar-refractivity contribution in [2.45, 2.75) is 19.3 Å². The molecule has 0 spiro atoms. The van der Waals surface area contributed by atoms with Crippen LogP contribution >= 0.6 is 0 Å². The van der Waals surface area contributed by atoms with Gasteiger partial charge in [-0.05, 0) is 117 Å². The van der Waals surface area contributed by atoms with Crippen molar-refractivity contribution in [3.05, 3.63) is 205 Å². The third-order valence-corrected chi connectivity index (χ3v) is 13.3. The first-order chi connectivity index (χ1) is 29.5. The van der Waals surface area contributed by atoms with Crippen LogP contribution < -0.4 is 4.90 Å². The Morgan fingerprint density at radius 2 is 0.917 bits per heavy atom. The van der Waals surface area contributed by atoms with Crippen molar-refractivity contribution < 1.29 is 4.42 Å². The number of aromatic nitrogens is 1. The number of para-hydroxylation sites is 3. The summed E-state index contributed by atoms with van der Waals surface area (Å²) in [6.07, 6.45) is 0. The summed E-state index contributed by atoms with van der Waals surface area (Å²) in [6.45, 7) is 4.77. The molecule has 0 aliphatic heterocycles. The topological polar surface area (TPSA) is 20.8 Å². The number of hydrogen-bond donors (Lipinski definition) is 0. The predicted octanol–water partition coefficient (Wildman–Crippen LogP) is 15.8. The van der Waals surface area contributed by atoms with Gasteiger partial charge in [-0.25, -0.2) is 0 Å². The normalized spacial score (nSPS) is 13.3. The Morgan fingerprint density at radius 1 is 0.383 bits per heavy atom. The van der Waals surface area contributed by atoms with Gasteiger partial charge in [-0.3, -0.25) is 0 Å². The van der Waals surface area contributed by atoms with Crippen molar-refractivity contribution in [1.29, 1.82) is 0 Å². The molecule has 282 valence electrons. The molecule has 0 unspecified atom stereocenters. The van der Waals surface area contributed by atoms with Gasteiger partial charge in [0.05, 0.1) is 16.6 Å². The fourth-order valence-corrected chi connectivity index (χ4v) is 10.4. The number of hydrogen-bond acceptors (Lipinski definition) is 2. The number of nitrogens with zero attached hydrogens (tertiary/aromatic N) is 2. The van der Waals surface area contributed by atoms with E-state index < -0.39 is 0 Å². The molecule has 3 nitrogen and oxygen atoms in total. The van der Waals surface area contributed by atoms with Crippen LogP contribution in [0.25, 0.3) is 93.4 Å². The zero-order valence-corrected chi connectivity index (χ0v) is 33.3. The third-order valence-electron chi connectivity index (χ3n) is 13.3. The molecule has 0 bridgehead atoms. The molecule has 12 aromatic rings. The molecule has 3 aromatic heterocycles. The minimum atomic E-state index is -0.230. The average molecular weight is 767 g/mol. The van der Waals surface area contributed by atoms with Gasteiger partial charge in [-0.2, -0.15) is 0 Å². The first kappa shape index (κ1) is 33.4. The van der Waals surface area contributed by atoms with Crippen molar-refractivity contribution in [2.75, 3.05) is 4.90 Å². The summed E-state index contributed by atoms with van der Waals surface area (Å²) in [5.74, 6) is 0. The second-order valence-corrected chi connectivity index (χ2v) is 16.9. The van der Waals surface area contributed by atoms with Crippen LogP contribution in [-0.2, 0) is 5.41 Å². The maximum atomic E-state index is 6.44. The summed E-state index contributed by atoms with van der Waals surface area (Å²) in [6, 6.07) is 71.1. The Morgan fingerprint density at radius 3 is 1.65 bits per heavy atom. The second-order valence-electron chi connectivity index (χ2n) is 16.9. The van der Waals surface area contributed by atoms with E-state index in [-0.39, 0.29) is 5.41 Å². The molecule has 3 heteroatoms. The van der Waals surface area contributed by atoms with Crippen molar-refractivity contribution in [1.82, 2.24) is 4.40 Å². The van der Waals surface area contributed by atoms with E-state index in [9.17, 15) is 0 Å². The Balaban J connectivity index is 0.942. The molecule has 3 heterocycles. The summed E-state index contributed by atoms with van der Waals surface area (Å²) in [7, 11) is 0. The SMILES string of the molecule is CC1(C)c2cc(-c3cc4c5ccccc5n5c6ccccc6c(c3)c45)ccc2-c2ccc(N(c3ccc(-c4ccccc4)cc3)c3ccc4c(c3)oc3ccccc34)cc21. The van der Waals surface area contributed by atoms with Crippen LogP contribution in [-0.4, -0.2) is 4.40 Å². The minimum absolute atomic E-state index is 0.230. The van der Waals surface area contributed by atoms with Gasteiger partial charge in [0.15, 0.2) is 0 Å². The highest BCUT2D eigenvalue weighted by atomic mass is 16.3. The van der Waals surface area contributed by atoms with Crippen LogP contribution in [0, 0.1) is 0 Å². The summed E-state index contributed by atoms with van der Waals surface area (Å²) >= 11 is 0. The van der Waals surface area contributed by atoms with Gasteiger partial charge in [0, 0.05) is 60.9 Å². The molecule has 1 aliphatic carbocycles. The zero-order chi connectivity index (χ0) is 39.7. The zero-order valence-electron chi connectivity index (χ0n) is 33.3. The largest absolute Gasteiger partial charge is 0.456 e. The van der Waals surface area contributed by atoms with Crippen molar-refractivity contribution >= 4 is 77.1 Å². The van der Waals surface area contributed by atoms with E-state index in [1.807, 2.05) is 12.1 Å². The molecule has 0 atom stereocenters. The maximum Gasteiger partial charge on any atom is 0.137 e. The highest BCUT2D eigenvalue weighted by Crippen LogP contribution is 2.52. The summed E-state index contributed by atoms with van der Waals surface area (Å²) in [5, 5.41) is 7.46. The second kappa shape index (κ2) is 12.2. The molecule has 0 N–H and O–H groups in total. The number of fused-ring (bicyclic) bond motifs is 12. The Hall–Kier alpha value is -7.62. The number of benzene rings is 9. The lowest BCUT2D eigenvalue weighted by molar-refractivity contribution is 0.660.